The number of rotatable bonds is 3. The van der Waals surface area contributed by atoms with Gasteiger partial charge in [-0.15, -0.1) is 0 Å². The third-order valence-electron chi connectivity index (χ3n) is 2.02. The van der Waals surface area contributed by atoms with Crippen LogP contribution in [0.4, 0.5) is 5.69 Å². The predicted octanol–water partition coefficient (Wildman–Crippen LogP) is 2.49. The molecule has 1 aromatic carbocycles. The number of benzene rings is 1. The first-order valence-electron chi connectivity index (χ1n) is 4.47. The van der Waals surface area contributed by atoms with E-state index < -0.39 is 0 Å². The Labute approximate surface area is 108 Å². The summed E-state index contributed by atoms with van der Waals surface area (Å²) in [5, 5.41) is 6.36. The zero-order chi connectivity index (χ0) is 11.4. The van der Waals surface area contributed by atoms with E-state index in [2.05, 4.69) is 33.2 Å². The van der Waals surface area contributed by atoms with Crippen molar-refractivity contribution in [2.45, 2.75) is 13.0 Å². The molecule has 82 valence electrons. The minimum Gasteiger partial charge on any atom is -0.324 e. The van der Waals surface area contributed by atoms with Gasteiger partial charge in [0.1, 0.15) is 0 Å². The Morgan fingerprint density at radius 2 is 2.20 bits per heavy atom. The maximum Gasteiger partial charge on any atom is 0.241 e. The van der Waals surface area contributed by atoms with Crippen LogP contribution in [0.25, 0.3) is 0 Å². The molecule has 0 saturated heterocycles. The van der Waals surface area contributed by atoms with Gasteiger partial charge in [-0.1, -0.05) is 11.6 Å². The van der Waals surface area contributed by atoms with Crippen molar-refractivity contribution in [1.29, 1.82) is 0 Å². The van der Waals surface area contributed by atoms with Crippen LogP contribution in [0.2, 0.25) is 5.02 Å². The molecule has 0 fully saturated rings. The number of anilines is 1. The third-order valence-corrected chi connectivity index (χ3v) is 3.14. The first kappa shape index (κ1) is 12.7. The molecule has 0 spiro atoms. The van der Waals surface area contributed by atoms with Crippen LogP contribution in [-0.4, -0.2) is 19.0 Å². The van der Waals surface area contributed by atoms with Gasteiger partial charge in [-0.2, -0.15) is 0 Å². The number of amides is 1. The summed E-state index contributed by atoms with van der Waals surface area (Å²) in [6.07, 6.45) is 0. The van der Waals surface area contributed by atoms with Crippen LogP contribution in [0.15, 0.2) is 18.2 Å². The van der Waals surface area contributed by atoms with E-state index in [0.29, 0.717) is 5.02 Å². The minimum atomic E-state index is -0.212. The molecular weight excluding hydrogens is 326 g/mol. The molecule has 0 radical (unpaired) electrons. The lowest BCUT2D eigenvalue weighted by Gasteiger charge is -2.12. The first-order valence-corrected chi connectivity index (χ1v) is 5.93. The highest BCUT2D eigenvalue weighted by Gasteiger charge is 2.11. The van der Waals surface area contributed by atoms with Crippen LogP contribution in [0, 0.1) is 3.57 Å². The summed E-state index contributed by atoms with van der Waals surface area (Å²) in [6, 6.07) is 5.15. The minimum absolute atomic E-state index is 0.0576. The largest absolute Gasteiger partial charge is 0.324 e. The number of halogens is 2. The van der Waals surface area contributed by atoms with Crippen LogP contribution in [-0.2, 0) is 4.79 Å². The molecule has 0 aliphatic carbocycles. The maximum absolute atomic E-state index is 11.6. The maximum atomic E-state index is 11.6. The molecule has 0 saturated carbocycles. The lowest BCUT2D eigenvalue weighted by atomic mass is 10.3. The van der Waals surface area contributed by atoms with Gasteiger partial charge in [0.05, 0.1) is 11.7 Å². The molecule has 1 unspecified atom stereocenters. The molecule has 0 heterocycles. The second-order valence-electron chi connectivity index (χ2n) is 3.12. The van der Waals surface area contributed by atoms with Crippen LogP contribution in [0.5, 0.6) is 0 Å². The Bertz CT molecular complexity index is 370. The molecule has 0 aliphatic rings. The summed E-state index contributed by atoms with van der Waals surface area (Å²) in [4.78, 5) is 11.6. The fraction of sp³-hybridized carbons (Fsp3) is 0.300. The smallest absolute Gasteiger partial charge is 0.241 e. The van der Waals surface area contributed by atoms with Gasteiger partial charge in [-0.05, 0) is 54.8 Å². The Balaban J connectivity index is 2.77. The van der Waals surface area contributed by atoms with Crippen molar-refractivity contribution in [3.8, 4) is 0 Å². The molecule has 5 heteroatoms. The highest BCUT2D eigenvalue weighted by molar-refractivity contribution is 14.1. The van der Waals surface area contributed by atoms with E-state index >= 15 is 0 Å². The van der Waals surface area contributed by atoms with E-state index in [1.54, 1.807) is 26.1 Å². The van der Waals surface area contributed by atoms with Crippen molar-refractivity contribution in [1.82, 2.24) is 5.32 Å². The number of carbonyl (C=O) groups excluding carboxylic acids is 1. The Hall–Kier alpha value is -0.330. The van der Waals surface area contributed by atoms with E-state index in [4.69, 9.17) is 11.6 Å². The summed E-state index contributed by atoms with van der Waals surface area (Å²) in [5.74, 6) is -0.0576. The van der Waals surface area contributed by atoms with Gasteiger partial charge in [-0.3, -0.25) is 4.79 Å². The molecule has 3 nitrogen and oxygen atoms in total. The standard InChI is InChI=1S/C10H12ClIN2O/c1-6(13-2)10(15)14-9-4-3-7(11)5-8(9)12/h3-6,13H,1-2H3,(H,14,15). The summed E-state index contributed by atoms with van der Waals surface area (Å²) >= 11 is 7.95. The lowest BCUT2D eigenvalue weighted by Crippen LogP contribution is -2.35. The number of nitrogens with one attached hydrogen (secondary N) is 2. The van der Waals surface area contributed by atoms with E-state index in [1.807, 2.05) is 6.07 Å². The van der Waals surface area contributed by atoms with E-state index in [1.165, 1.54) is 0 Å². The number of hydrogen-bond acceptors (Lipinski definition) is 2. The molecule has 0 aromatic heterocycles. The zero-order valence-electron chi connectivity index (χ0n) is 8.47. The fourth-order valence-corrected chi connectivity index (χ4v) is 1.97. The SMILES string of the molecule is CNC(C)C(=O)Nc1ccc(Cl)cc1I. The van der Waals surface area contributed by atoms with Gasteiger partial charge in [0.25, 0.3) is 0 Å². The molecule has 1 rings (SSSR count). The Morgan fingerprint density at radius 3 is 2.73 bits per heavy atom. The van der Waals surface area contributed by atoms with Crippen molar-refractivity contribution in [3.63, 3.8) is 0 Å². The molecule has 1 aromatic rings. The van der Waals surface area contributed by atoms with Gasteiger partial charge in [-0.25, -0.2) is 0 Å². The number of hydrogen-bond donors (Lipinski definition) is 2. The van der Waals surface area contributed by atoms with Crippen molar-refractivity contribution in [2.24, 2.45) is 0 Å². The van der Waals surface area contributed by atoms with Gasteiger partial charge in [0, 0.05) is 8.59 Å². The zero-order valence-corrected chi connectivity index (χ0v) is 11.4. The van der Waals surface area contributed by atoms with Gasteiger partial charge >= 0.3 is 0 Å². The third kappa shape index (κ3) is 3.62. The Kier molecular flexibility index (Phi) is 4.82. The van der Waals surface area contributed by atoms with Crippen LogP contribution in [0.1, 0.15) is 6.92 Å². The normalized spacial score (nSPS) is 12.3. The van der Waals surface area contributed by atoms with Crippen molar-refractivity contribution in [2.75, 3.05) is 12.4 Å². The topological polar surface area (TPSA) is 41.1 Å². The van der Waals surface area contributed by atoms with E-state index in [0.717, 1.165) is 9.26 Å². The van der Waals surface area contributed by atoms with Crippen LogP contribution >= 0.6 is 34.2 Å². The molecular formula is C10H12ClIN2O. The molecule has 2 N–H and O–H groups in total. The average molecular weight is 339 g/mol. The van der Waals surface area contributed by atoms with Crippen molar-refractivity contribution < 1.29 is 4.79 Å². The summed E-state index contributed by atoms with van der Waals surface area (Å²) in [7, 11) is 1.75. The summed E-state index contributed by atoms with van der Waals surface area (Å²) in [5.41, 5.74) is 0.784. The summed E-state index contributed by atoms with van der Waals surface area (Å²) in [6.45, 7) is 1.80. The molecule has 0 bridgehead atoms. The molecule has 1 atom stereocenters. The van der Waals surface area contributed by atoms with E-state index in [-0.39, 0.29) is 11.9 Å². The highest BCUT2D eigenvalue weighted by Crippen LogP contribution is 2.22. The van der Waals surface area contributed by atoms with Crippen LogP contribution in [0.3, 0.4) is 0 Å². The second kappa shape index (κ2) is 5.67. The van der Waals surface area contributed by atoms with Gasteiger partial charge in [0.2, 0.25) is 5.91 Å². The monoisotopic (exact) mass is 338 g/mol. The molecule has 1 amide bonds. The van der Waals surface area contributed by atoms with Crippen molar-refractivity contribution in [3.05, 3.63) is 26.8 Å². The summed E-state index contributed by atoms with van der Waals surface area (Å²) < 4.78 is 0.928. The molecule has 0 aliphatic heterocycles. The molecule has 15 heavy (non-hydrogen) atoms. The fourth-order valence-electron chi connectivity index (χ4n) is 0.963. The number of likely N-dealkylation sites (N-methyl/N-ethyl adjacent to an activating group) is 1. The lowest BCUT2D eigenvalue weighted by molar-refractivity contribution is -0.117. The Morgan fingerprint density at radius 1 is 1.53 bits per heavy atom. The highest BCUT2D eigenvalue weighted by atomic mass is 127. The second-order valence-corrected chi connectivity index (χ2v) is 4.72. The van der Waals surface area contributed by atoms with E-state index in [9.17, 15) is 4.79 Å². The van der Waals surface area contributed by atoms with Gasteiger partial charge in [0.15, 0.2) is 0 Å². The average Bonchev–Trinajstić information content (AvgIpc) is 2.20. The number of carbonyl (C=O) groups is 1. The van der Waals surface area contributed by atoms with Crippen LogP contribution < -0.4 is 10.6 Å². The van der Waals surface area contributed by atoms with Gasteiger partial charge < -0.3 is 10.6 Å². The quantitative estimate of drug-likeness (QED) is 0.832. The predicted molar refractivity (Wildman–Crippen MR) is 71.3 cm³/mol. The van der Waals surface area contributed by atoms with Crippen molar-refractivity contribution >= 4 is 45.8 Å². The first-order chi connectivity index (χ1) is 7.04.